The third-order valence-corrected chi connectivity index (χ3v) is 3.30. The van der Waals surface area contributed by atoms with Crippen LogP contribution in [-0.2, 0) is 4.79 Å². The maximum Gasteiger partial charge on any atom is 0.251 e. The molecule has 1 aromatic rings. The van der Waals surface area contributed by atoms with E-state index in [1.807, 2.05) is 0 Å². The highest BCUT2D eigenvalue weighted by atomic mass is 16.2. The summed E-state index contributed by atoms with van der Waals surface area (Å²) in [5.74, 6) is -0.137. The van der Waals surface area contributed by atoms with Gasteiger partial charge >= 0.3 is 0 Å². The molecular weight excluding hydrogens is 264 g/mol. The van der Waals surface area contributed by atoms with Gasteiger partial charge in [-0.3, -0.25) is 9.59 Å². The van der Waals surface area contributed by atoms with Crippen LogP contribution in [-0.4, -0.2) is 18.4 Å². The molecule has 1 aromatic carbocycles. The molecule has 0 bridgehead atoms. The zero-order valence-corrected chi connectivity index (χ0v) is 13.1. The second-order valence-electron chi connectivity index (χ2n) is 5.15. The fourth-order valence-electron chi connectivity index (χ4n) is 2.02. The van der Waals surface area contributed by atoms with Crippen molar-refractivity contribution in [3.05, 3.63) is 29.8 Å². The van der Waals surface area contributed by atoms with E-state index in [0.717, 1.165) is 12.8 Å². The van der Waals surface area contributed by atoms with Crippen molar-refractivity contribution < 1.29 is 9.59 Å². The third kappa shape index (κ3) is 6.93. The van der Waals surface area contributed by atoms with E-state index in [-0.39, 0.29) is 11.8 Å². The molecular formula is C17H26N2O2. The van der Waals surface area contributed by atoms with Crippen LogP contribution in [0.1, 0.15) is 62.7 Å². The Labute approximate surface area is 127 Å². The Balaban J connectivity index is 2.39. The minimum absolute atomic E-state index is 0.0523. The molecule has 116 valence electrons. The molecule has 0 fully saturated rings. The van der Waals surface area contributed by atoms with Crippen molar-refractivity contribution in [2.45, 2.75) is 52.4 Å². The molecule has 21 heavy (non-hydrogen) atoms. The number of hydrogen-bond acceptors (Lipinski definition) is 2. The predicted molar refractivity (Wildman–Crippen MR) is 86.5 cm³/mol. The summed E-state index contributed by atoms with van der Waals surface area (Å²) < 4.78 is 0. The summed E-state index contributed by atoms with van der Waals surface area (Å²) in [7, 11) is 0. The van der Waals surface area contributed by atoms with Gasteiger partial charge in [-0.1, -0.05) is 45.6 Å². The molecule has 0 radical (unpaired) electrons. The quantitative estimate of drug-likeness (QED) is 0.681. The number of rotatable bonds is 9. The van der Waals surface area contributed by atoms with Gasteiger partial charge in [0.15, 0.2) is 0 Å². The van der Waals surface area contributed by atoms with E-state index < -0.39 is 0 Å². The van der Waals surface area contributed by atoms with Gasteiger partial charge in [0.25, 0.3) is 5.91 Å². The first kappa shape index (κ1) is 17.2. The van der Waals surface area contributed by atoms with Crippen molar-refractivity contribution in [2.24, 2.45) is 0 Å². The van der Waals surface area contributed by atoms with Gasteiger partial charge in [0.2, 0.25) is 5.91 Å². The highest BCUT2D eigenvalue weighted by Gasteiger charge is 2.06. The average molecular weight is 290 g/mol. The summed E-state index contributed by atoms with van der Waals surface area (Å²) in [6.45, 7) is 4.69. The van der Waals surface area contributed by atoms with Crippen LogP contribution in [0.2, 0.25) is 0 Å². The van der Waals surface area contributed by atoms with E-state index in [2.05, 4.69) is 17.6 Å². The largest absolute Gasteiger partial charge is 0.352 e. The second kappa shape index (κ2) is 9.97. The van der Waals surface area contributed by atoms with Gasteiger partial charge < -0.3 is 10.6 Å². The minimum atomic E-state index is -0.0851. The summed E-state index contributed by atoms with van der Waals surface area (Å²) in [6.07, 6.45) is 6.30. The predicted octanol–water partition coefficient (Wildman–Crippen LogP) is 3.74. The SMILES string of the molecule is CCCCCCCNC(=O)c1cccc(NC(=O)CC)c1. The van der Waals surface area contributed by atoms with E-state index >= 15 is 0 Å². The fraction of sp³-hybridized carbons (Fsp3) is 0.529. The molecule has 0 saturated carbocycles. The monoisotopic (exact) mass is 290 g/mol. The minimum Gasteiger partial charge on any atom is -0.352 e. The lowest BCUT2D eigenvalue weighted by molar-refractivity contribution is -0.115. The molecule has 0 saturated heterocycles. The standard InChI is InChI=1S/C17H26N2O2/c1-3-5-6-7-8-12-18-17(21)14-10-9-11-15(13-14)19-16(20)4-2/h9-11,13H,3-8,12H2,1-2H3,(H,18,21)(H,19,20). The fourth-order valence-corrected chi connectivity index (χ4v) is 2.02. The number of carbonyl (C=O) groups is 2. The van der Waals surface area contributed by atoms with E-state index in [9.17, 15) is 9.59 Å². The second-order valence-corrected chi connectivity index (χ2v) is 5.15. The van der Waals surface area contributed by atoms with Gasteiger partial charge in [0.1, 0.15) is 0 Å². The number of unbranched alkanes of at least 4 members (excludes halogenated alkanes) is 4. The highest BCUT2D eigenvalue weighted by Crippen LogP contribution is 2.11. The van der Waals surface area contributed by atoms with Crippen LogP contribution < -0.4 is 10.6 Å². The Morgan fingerprint density at radius 3 is 2.52 bits per heavy atom. The van der Waals surface area contributed by atoms with Crippen LogP contribution in [0.5, 0.6) is 0 Å². The molecule has 0 aromatic heterocycles. The van der Waals surface area contributed by atoms with E-state index in [4.69, 9.17) is 0 Å². The topological polar surface area (TPSA) is 58.2 Å². The Bertz CT molecular complexity index is 458. The van der Waals surface area contributed by atoms with Gasteiger partial charge in [-0.25, -0.2) is 0 Å². The molecule has 0 atom stereocenters. The lowest BCUT2D eigenvalue weighted by Crippen LogP contribution is -2.24. The number of benzene rings is 1. The number of amides is 2. The molecule has 0 unspecified atom stereocenters. The van der Waals surface area contributed by atoms with E-state index in [0.29, 0.717) is 24.2 Å². The summed E-state index contributed by atoms with van der Waals surface area (Å²) in [4.78, 5) is 23.4. The lowest BCUT2D eigenvalue weighted by Gasteiger charge is -2.08. The maximum atomic E-state index is 12.0. The van der Waals surface area contributed by atoms with Crippen LogP contribution >= 0.6 is 0 Å². The van der Waals surface area contributed by atoms with E-state index in [1.54, 1.807) is 31.2 Å². The first-order chi connectivity index (χ1) is 10.2. The Morgan fingerprint density at radius 1 is 1.05 bits per heavy atom. The van der Waals surface area contributed by atoms with Crippen LogP contribution in [0.25, 0.3) is 0 Å². The van der Waals surface area contributed by atoms with E-state index in [1.165, 1.54) is 19.3 Å². The average Bonchev–Trinajstić information content (AvgIpc) is 2.50. The Morgan fingerprint density at radius 2 is 1.81 bits per heavy atom. The number of hydrogen-bond donors (Lipinski definition) is 2. The molecule has 0 aliphatic rings. The van der Waals surface area contributed by atoms with Gasteiger partial charge in [-0.15, -0.1) is 0 Å². The summed E-state index contributed by atoms with van der Waals surface area (Å²) in [5, 5.41) is 5.68. The van der Waals surface area contributed by atoms with Crippen molar-refractivity contribution in [1.29, 1.82) is 0 Å². The highest BCUT2D eigenvalue weighted by molar-refractivity contribution is 5.97. The number of anilines is 1. The summed E-state index contributed by atoms with van der Waals surface area (Å²) >= 11 is 0. The van der Waals surface area contributed by atoms with Crippen LogP contribution in [0.15, 0.2) is 24.3 Å². The molecule has 0 aliphatic heterocycles. The normalized spacial score (nSPS) is 10.2. The van der Waals surface area contributed by atoms with Crippen LogP contribution in [0.4, 0.5) is 5.69 Å². The molecule has 0 spiro atoms. The van der Waals surface area contributed by atoms with Crippen molar-refractivity contribution in [2.75, 3.05) is 11.9 Å². The van der Waals surface area contributed by atoms with Gasteiger partial charge in [0.05, 0.1) is 0 Å². The maximum absolute atomic E-state index is 12.0. The zero-order chi connectivity index (χ0) is 15.5. The lowest BCUT2D eigenvalue weighted by atomic mass is 10.1. The summed E-state index contributed by atoms with van der Waals surface area (Å²) in [6, 6.07) is 7.03. The van der Waals surface area contributed by atoms with Crippen molar-refractivity contribution in [3.8, 4) is 0 Å². The first-order valence-corrected chi connectivity index (χ1v) is 7.85. The molecule has 2 amide bonds. The molecule has 1 rings (SSSR count). The van der Waals surface area contributed by atoms with Crippen molar-refractivity contribution in [3.63, 3.8) is 0 Å². The molecule has 0 aliphatic carbocycles. The summed E-state index contributed by atoms with van der Waals surface area (Å²) in [5.41, 5.74) is 1.25. The number of carbonyl (C=O) groups excluding carboxylic acids is 2. The van der Waals surface area contributed by atoms with Gasteiger partial charge in [0, 0.05) is 24.2 Å². The Hall–Kier alpha value is -1.84. The smallest absolute Gasteiger partial charge is 0.251 e. The number of nitrogens with one attached hydrogen (secondary N) is 2. The first-order valence-electron chi connectivity index (χ1n) is 7.85. The zero-order valence-electron chi connectivity index (χ0n) is 13.1. The van der Waals surface area contributed by atoms with Crippen LogP contribution in [0.3, 0.4) is 0 Å². The van der Waals surface area contributed by atoms with Crippen molar-refractivity contribution >= 4 is 17.5 Å². The molecule has 2 N–H and O–H groups in total. The third-order valence-electron chi connectivity index (χ3n) is 3.30. The molecule has 4 nitrogen and oxygen atoms in total. The van der Waals surface area contributed by atoms with Crippen molar-refractivity contribution in [1.82, 2.24) is 5.32 Å². The van der Waals surface area contributed by atoms with Gasteiger partial charge in [-0.2, -0.15) is 0 Å². The molecule has 0 heterocycles. The molecule has 4 heteroatoms. The van der Waals surface area contributed by atoms with Gasteiger partial charge in [-0.05, 0) is 24.6 Å². The van der Waals surface area contributed by atoms with Crippen LogP contribution in [0, 0.1) is 0 Å². The Kier molecular flexibility index (Phi) is 8.17.